The van der Waals surface area contributed by atoms with Crippen LogP contribution >= 0.6 is 0 Å². The number of H-pyrrole nitrogens is 1. The summed E-state index contributed by atoms with van der Waals surface area (Å²) in [5.74, 6) is -0.953. The lowest BCUT2D eigenvalue weighted by atomic mass is 10.0. The summed E-state index contributed by atoms with van der Waals surface area (Å²) in [6.07, 6.45) is 6.85. The fourth-order valence-electron chi connectivity index (χ4n) is 5.03. The van der Waals surface area contributed by atoms with Crippen LogP contribution in [0.1, 0.15) is 45.1 Å². The molecular weight excluding hydrogens is 473 g/mol. The minimum absolute atomic E-state index is 0.0933. The molecular formula is C29H26FN3O4. The van der Waals surface area contributed by atoms with Crippen LogP contribution in [0.5, 0.6) is 5.75 Å². The number of aromatic amines is 1. The van der Waals surface area contributed by atoms with Crippen LogP contribution in [-0.4, -0.2) is 38.6 Å². The van der Waals surface area contributed by atoms with E-state index in [1.165, 1.54) is 30.3 Å². The number of aromatic hydroxyl groups is 1. The van der Waals surface area contributed by atoms with Crippen LogP contribution in [0.2, 0.25) is 0 Å². The number of carbonyl (C=O) groups is 2. The van der Waals surface area contributed by atoms with Crippen molar-refractivity contribution in [3.05, 3.63) is 107 Å². The Balaban J connectivity index is 1.44. The zero-order chi connectivity index (χ0) is 25.9. The highest BCUT2D eigenvalue weighted by Gasteiger charge is 2.31. The molecule has 0 saturated carbocycles. The summed E-state index contributed by atoms with van der Waals surface area (Å²) in [6, 6.07) is 16.6. The van der Waals surface area contributed by atoms with Crippen LogP contribution in [0.15, 0.2) is 72.9 Å². The number of carbonyl (C=O) groups excluding carboxylic acids is 2. The molecule has 1 aliphatic rings. The zero-order valence-electron chi connectivity index (χ0n) is 19.9. The summed E-state index contributed by atoms with van der Waals surface area (Å²) in [4.78, 5) is 30.0. The number of rotatable bonds is 7. The van der Waals surface area contributed by atoms with E-state index in [2.05, 4.69) is 4.98 Å². The van der Waals surface area contributed by atoms with Gasteiger partial charge in [0.05, 0.1) is 6.04 Å². The van der Waals surface area contributed by atoms with E-state index < -0.39 is 5.91 Å². The van der Waals surface area contributed by atoms with Gasteiger partial charge in [-0.2, -0.15) is 0 Å². The fraction of sp³-hybridized carbons (Fsp3) is 0.172. The number of hydrogen-bond acceptors (Lipinski definition) is 4. The van der Waals surface area contributed by atoms with Gasteiger partial charge in [0.25, 0.3) is 11.8 Å². The second-order valence-electron chi connectivity index (χ2n) is 9.12. The summed E-state index contributed by atoms with van der Waals surface area (Å²) < 4.78 is 13.6. The molecule has 0 radical (unpaired) electrons. The smallest absolute Gasteiger partial charge is 0.267 e. The first kappa shape index (κ1) is 24.3. The molecule has 1 aromatic heterocycles. The number of aromatic nitrogens is 1. The van der Waals surface area contributed by atoms with E-state index in [-0.39, 0.29) is 23.5 Å². The number of phenols is 1. The average Bonchev–Trinajstić information content (AvgIpc) is 3.51. The molecule has 1 unspecified atom stereocenters. The molecule has 37 heavy (non-hydrogen) atoms. The van der Waals surface area contributed by atoms with Crippen molar-refractivity contribution in [2.24, 2.45) is 0 Å². The van der Waals surface area contributed by atoms with Gasteiger partial charge in [0, 0.05) is 35.3 Å². The molecule has 2 amide bonds. The van der Waals surface area contributed by atoms with E-state index >= 15 is 0 Å². The second-order valence-corrected chi connectivity index (χ2v) is 9.12. The molecule has 0 saturated heterocycles. The number of nitrogens with one attached hydrogen (secondary N) is 2. The van der Waals surface area contributed by atoms with Gasteiger partial charge in [-0.15, -0.1) is 0 Å². The van der Waals surface area contributed by atoms with Gasteiger partial charge in [-0.1, -0.05) is 18.2 Å². The van der Waals surface area contributed by atoms with Gasteiger partial charge in [0.1, 0.15) is 11.6 Å². The van der Waals surface area contributed by atoms with Crippen molar-refractivity contribution in [3.63, 3.8) is 0 Å². The van der Waals surface area contributed by atoms with Crippen LogP contribution in [0.3, 0.4) is 0 Å². The molecule has 0 spiro atoms. The van der Waals surface area contributed by atoms with Gasteiger partial charge >= 0.3 is 0 Å². The molecule has 8 heteroatoms. The molecule has 4 aromatic rings. The molecule has 0 fully saturated rings. The van der Waals surface area contributed by atoms with Crippen molar-refractivity contribution in [3.8, 4) is 5.75 Å². The van der Waals surface area contributed by atoms with E-state index in [9.17, 15) is 19.1 Å². The van der Waals surface area contributed by atoms with Gasteiger partial charge in [0.15, 0.2) is 0 Å². The van der Waals surface area contributed by atoms with Gasteiger partial charge in [-0.25, -0.2) is 9.87 Å². The van der Waals surface area contributed by atoms with Crippen molar-refractivity contribution in [1.82, 2.24) is 15.4 Å². The molecule has 4 N–H and O–H groups in total. The third-order valence-corrected chi connectivity index (χ3v) is 6.85. The number of aryl methyl sites for hydroxylation is 1. The minimum Gasteiger partial charge on any atom is -0.508 e. The third-order valence-electron chi connectivity index (χ3n) is 6.85. The quantitative estimate of drug-likeness (QED) is 0.165. The maximum Gasteiger partial charge on any atom is 0.267 e. The molecule has 7 nitrogen and oxygen atoms in total. The lowest BCUT2D eigenvalue weighted by Crippen LogP contribution is -2.35. The van der Waals surface area contributed by atoms with Crippen molar-refractivity contribution < 1.29 is 24.3 Å². The van der Waals surface area contributed by atoms with E-state index in [4.69, 9.17) is 5.21 Å². The molecule has 1 heterocycles. The number of hydrogen-bond donors (Lipinski definition) is 4. The van der Waals surface area contributed by atoms with Crippen LogP contribution in [0, 0.1) is 5.82 Å². The number of phenolic OH excluding ortho intramolecular Hbond substituents is 1. The topological polar surface area (TPSA) is 106 Å². The largest absolute Gasteiger partial charge is 0.508 e. The highest BCUT2D eigenvalue weighted by molar-refractivity contribution is 5.95. The van der Waals surface area contributed by atoms with E-state index in [0.29, 0.717) is 24.0 Å². The number of fused-ring (bicyclic) bond motifs is 2. The Morgan fingerprint density at radius 2 is 1.92 bits per heavy atom. The summed E-state index contributed by atoms with van der Waals surface area (Å²) in [5.41, 5.74) is 6.75. The number of halogens is 1. The van der Waals surface area contributed by atoms with Crippen molar-refractivity contribution in [1.29, 1.82) is 0 Å². The first-order valence-electron chi connectivity index (χ1n) is 12.0. The number of amides is 2. The Kier molecular flexibility index (Phi) is 6.74. The first-order chi connectivity index (χ1) is 17.9. The van der Waals surface area contributed by atoms with Gasteiger partial charge in [-0.3, -0.25) is 14.8 Å². The summed E-state index contributed by atoms with van der Waals surface area (Å²) >= 11 is 0. The van der Waals surface area contributed by atoms with Crippen molar-refractivity contribution in [2.45, 2.75) is 25.3 Å². The van der Waals surface area contributed by atoms with E-state index in [0.717, 1.165) is 40.5 Å². The molecule has 5 rings (SSSR count). The number of hydroxylamine groups is 1. The second kappa shape index (κ2) is 10.3. The molecule has 188 valence electrons. The lowest BCUT2D eigenvalue weighted by molar-refractivity contribution is -0.124. The maximum absolute atomic E-state index is 13.7. The predicted octanol–water partition coefficient (Wildman–Crippen LogP) is 4.90. The summed E-state index contributed by atoms with van der Waals surface area (Å²) in [7, 11) is 0. The Bertz CT molecular complexity index is 1490. The predicted molar refractivity (Wildman–Crippen MR) is 138 cm³/mol. The highest BCUT2D eigenvalue weighted by Crippen LogP contribution is 2.37. The molecule has 1 atom stereocenters. The van der Waals surface area contributed by atoms with E-state index in [1.54, 1.807) is 29.8 Å². The maximum atomic E-state index is 13.7. The highest BCUT2D eigenvalue weighted by atomic mass is 19.1. The summed E-state index contributed by atoms with van der Waals surface area (Å²) in [6.45, 7) is 0.451. The Labute approximate surface area is 212 Å². The lowest BCUT2D eigenvalue weighted by Gasteiger charge is -2.30. The first-order valence-corrected chi connectivity index (χ1v) is 12.0. The van der Waals surface area contributed by atoms with E-state index in [1.807, 2.05) is 29.3 Å². The number of benzene rings is 3. The van der Waals surface area contributed by atoms with Crippen LogP contribution in [0.4, 0.5) is 4.39 Å². The Hall–Kier alpha value is -4.43. The average molecular weight is 500 g/mol. The standard InChI is InChI=1S/C29H26FN3O4/c30-22-6-10-24-21(17-31-26(24)16-22)13-14-33(29(36)19-3-7-23(34)8-4-19)27-11-5-20-15-18(1-9-25(20)27)2-12-28(35)32-37/h1-4,6-10,12,15-17,27,31,34,37H,5,11,13-14H2,(H,32,35)/b12-2+. The Morgan fingerprint density at radius 1 is 1.11 bits per heavy atom. The van der Waals surface area contributed by atoms with Crippen LogP contribution in [0.25, 0.3) is 17.0 Å². The fourth-order valence-corrected chi connectivity index (χ4v) is 5.03. The summed E-state index contributed by atoms with van der Waals surface area (Å²) in [5, 5.41) is 19.3. The van der Waals surface area contributed by atoms with Crippen molar-refractivity contribution >= 4 is 28.8 Å². The van der Waals surface area contributed by atoms with Gasteiger partial charge in [-0.05, 0) is 90.1 Å². The Morgan fingerprint density at radius 3 is 2.70 bits per heavy atom. The number of nitrogens with zero attached hydrogens (tertiary/aromatic N) is 1. The van der Waals surface area contributed by atoms with Crippen LogP contribution in [-0.2, 0) is 17.6 Å². The molecule has 0 bridgehead atoms. The third kappa shape index (κ3) is 5.10. The molecule has 3 aromatic carbocycles. The van der Waals surface area contributed by atoms with Crippen molar-refractivity contribution in [2.75, 3.05) is 6.54 Å². The monoisotopic (exact) mass is 499 g/mol. The van der Waals surface area contributed by atoms with Gasteiger partial charge < -0.3 is 15.0 Å². The zero-order valence-corrected chi connectivity index (χ0v) is 19.9. The molecule has 1 aliphatic carbocycles. The van der Waals surface area contributed by atoms with Crippen LogP contribution < -0.4 is 5.48 Å². The minimum atomic E-state index is -0.607. The molecule has 0 aliphatic heterocycles. The SMILES string of the molecule is O=C(/C=C/c1ccc2c(c1)CCC2N(CCc1c[nH]c2cc(F)ccc12)C(=O)c1ccc(O)cc1)NO. The normalized spacial score (nSPS) is 14.7. The van der Waals surface area contributed by atoms with Gasteiger partial charge in [0.2, 0.25) is 0 Å².